The van der Waals surface area contributed by atoms with Gasteiger partial charge in [0.05, 0.1) is 0 Å². The Morgan fingerprint density at radius 3 is 2.85 bits per heavy atom. The van der Waals surface area contributed by atoms with Crippen molar-refractivity contribution in [3.63, 3.8) is 0 Å². The first-order valence-corrected chi connectivity index (χ1v) is 4.52. The van der Waals surface area contributed by atoms with Crippen molar-refractivity contribution in [2.45, 2.75) is 19.9 Å². The molecule has 0 fully saturated rings. The molecule has 2 aromatic rings. The number of rotatable bonds is 1. The van der Waals surface area contributed by atoms with Crippen LogP contribution in [-0.2, 0) is 0 Å². The summed E-state index contributed by atoms with van der Waals surface area (Å²) in [4.78, 5) is 4.08. The summed E-state index contributed by atoms with van der Waals surface area (Å²) in [6.45, 7) is 4.35. The highest BCUT2D eigenvalue weighted by Crippen LogP contribution is 2.08. The van der Waals surface area contributed by atoms with Crippen LogP contribution in [0.15, 0.2) is 36.9 Å². The monoisotopic (exact) mass is 173 g/mol. The van der Waals surface area contributed by atoms with Crippen molar-refractivity contribution in [2.24, 2.45) is 0 Å². The number of pyridine rings is 2. The van der Waals surface area contributed by atoms with Crippen LogP contribution in [0.3, 0.4) is 0 Å². The Hall–Kier alpha value is -1.44. The SMILES string of the molecule is CC(C)[n+]1ccc2cnccc2c1. The van der Waals surface area contributed by atoms with Crippen LogP contribution in [0, 0.1) is 0 Å². The van der Waals surface area contributed by atoms with Gasteiger partial charge in [0.15, 0.2) is 18.4 Å². The van der Waals surface area contributed by atoms with Gasteiger partial charge in [0, 0.05) is 29.2 Å². The van der Waals surface area contributed by atoms with E-state index in [-0.39, 0.29) is 0 Å². The minimum atomic E-state index is 0.512. The Balaban J connectivity index is 2.62. The maximum Gasteiger partial charge on any atom is 0.176 e. The van der Waals surface area contributed by atoms with Crippen LogP contribution < -0.4 is 4.57 Å². The summed E-state index contributed by atoms with van der Waals surface area (Å²) < 4.78 is 2.20. The summed E-state index contributed by atoms with van der Waals surface area (Å²) in [5.41, 5.74) is 0. The number of nitrogens with zero attached hydrogens (tertiary/aromatic N) is 2. The van der Waals surface area contributed by atoms with Crippen molar-refractivity contribution < 1.29 is 4.57 Å². The second kappa shape index (κ2) is 3.13. The molecule has 0 aromatic carbocycles. The number of fused-ring (bicyclic) bond motifs is 1. The Morgan fingerprint density at radius 1 is 1.23 bits per heavy atom. The number of hydrogen-bond donors (Lipinski definition) is 0. The van der Waals surface area contributed by atoms with Gasteiger partial charge in [-0.3, -0.25) is 4.98 Å². The van der Waals surface area contributed by atoms with Crippen LogP contribution >= 0.6 is 0 Å². The summed E-state index contributed by atoms with van der Waals surface area (Å²) in [5.74, 6) is 0. The lowest BCUT2D eigenvalue weighted by atomic mass is 10.2. The summed E-state index contributed by atoms with van der Waals surface area (Å²) in [6.07, 6.45) is 7.96. The zero-order valence-corrected chi connectivity index (χ0v) is 7.94. The molecule has 2 aromatic heterocycles. The molecule has 0 aliphatic carbocycles. The van der Waals surface area contributed by atoms with Crippen LogP contribution in [0.5, 0.6) is 0 Å². The Kier molecular flexibility index (Phi) is 1.97. The van der Waals surface area contributed by atoms with Crippen molar-refractivity contribution in [3.8, 4) is 0 Å². The maximum absolute atomic E-state index is 4.08. The van der Waals surface area contributed by atoms with E-state index in [1.807, 2.05) is 18.5 Å². The van der Waals surface area contributed by atoms with Crippen LogP contribution in [0.25, 0.3) is 10.8 Å². The average molecular weight is 173 g/mol. The molecule has 0 radical (unpaired) electrons. The molecule has 0 spiro atoms. The molecule has 0 saturated heterocycles. The molecule has 2 heterocycles. The lowest BCUT2D eigenvalue weighted by Gasteiger charge is -2.00. The molecule has 0 unspecified atom stereocenters. The van der Waals surface area contributed by atoms with E-state index in [0.717, 1.165) is 0 Å². The van der Waals surface area contributed by atoms with E-state index < -0.39 is 0 Å². The van der Waals surface area contributed by atoms with E-state index in [1.165, 1.54) is 10.8 Å². The Morgan fingerprint density at radius 2 is 2.08 bits per heavy atom. The molecule has 0 N–H and O–H groups in total. The van der Waals surface area contributed by atoms with E-state index in [9.17, 15) is 0 Å². The van der Waals surface area contributed by atoms with Crippen molar-refractivity contribution in [1.29, 1.82) is 0 Å². The second-order valence-corrected chi connectivity index (χ2v) is 3.49. The van der Waals surface area contributed by atoms with Gasteiger partial charge >= 0.3 is 0 Å². The van der Waals surface area contributed by atoms with Gasteiger partial charge < -0.3 is 0 Å². The standard InChI is InChI=1S/C11H13N2/c1-9(2)13-6-4-10-7-12-5-3-11(10)8-13/h3-9H,1-2H3/q+1. The summed E-state index contributed by atoms with van der Waals surface area (Å²) in [7, 11) is 0. The highest BCUT2D eigenvalue weighted by molar-refractivity contribution is 5.79. The molecule has 0 bridgehead atoms. The van der Waals surface area contributed by atoms with E-state index >= 15 is 0 Å². The lowest BCUT2D eigenvalue weighted by molar-refractivity contribution is -0.715. The highest BCUT2D eigenvalue weighted by atomic mass is 15.0. The molecule has 13 heavy (non-hydrogen) atoms. The van der Waals surface area contributed by atoms with Crippen LogP contribution in [-0.4, -0.2) is 4.98 Å². The predicted octanol–water partition coefficient (Wildman–Crippen LogP) is 2.10. The van der Waals surface area contributed by atoms with Gasteiger partial charge in [-0.15, -0.1) is 0 Å². The molecule has 0 amide bonds. The van der Waals surface area contributed by atoms with Crippen molar-refractivity contribution >= 4 is 10.8 Å². The van der Waals surface area contributed by atoms with Gasteiger partial charge in [0.1, 0.15) is 0 Å². The van der Waals surface area contributed by atoms with E-state index in [4.69, 9.17) is 0 Å². The fourth-order valence-corrected chi connectivity index (χ4v) is 1.37. The Labute approximate surface area is 77.9 Å². The van der Waals surface area contributed by atoms with E-state index in [0.29, 0.717) is 6.04 Å². The molecular formula is C11H13N2+. The summed E-state index contributed by atoms with van der Waals surface area (Å²) >= 11 is 0. The van der Waals surface area contributed by atoms with Crippen molar-refractivity contribution in [3.05, 3.63) is 36.9 Å². The topological polar surface area (TPSA) is 16.8 Å². The van der Waals surface area contributed by atoms with Gasteiger partial charge in [-0.05, 0) is 19.9 Å². The quantitative estimate of drug-likeness (QED) is 0.603. The fraction of sp³-hybridized carbons (Fsp3) is 0.273. The lowest BCUT2D eigenvalue weighted by Crippen LogP contribution is -2.34. The van der Waals surface area contributed by atoms with Gasteiger partial charge in [-0.1, -0.05) is 0 Å². The third kappa shape index (κ3) is 1.52. The van der Waals surface area contributed by atoms with Crippen molar-refractivity contribution in [1.82, 2.24) is 4.98 Å². The molecule has 0 aliphatic heterocycles. The third-order valence-corrected chi connectivity index (χ3v) is 2.20. The number of aromatic nitrogens is 2. The van der Waals surface area contributed by atoms with Crippen LogP contribution in [0.2, 0.25) is 0 Å². The molecule has 2 nitrogen and oxygen atoms in total. The zero-order valence-electron chi connectivity index (χ0n) is 7.94. The van der Waals surface area contributed by atoms with Gasteiger partial charge in [-0.2, -0.15) is 0 Å². The fourth-order valence-electron chi connectivity index (χ4n) is 1.37. The minimum absolute atomic E-state index is 0.512. The van der Waals surface area contributed by atoms with Gasteiger partial charge in [0.2, 0.25) is 0 Å². The zero-order chi connectivity index (χ0) is 9.26. The smallest absolute Gasteiger partial charge is 0.176 e. The van der Waals surface area contributed by atoms with Gasteiger partial charge in [0.25, 0.3) is 0 Å². The first-order chi connectivity index (χ1) is 6.27. The molecule has 0 saturated carbocycles. The predicted molar refractivity (Wildman–Crippen MR) is 52.3 cm³/mol. The van der Waals surface area contributed by atoms with Crippen molar-refractivity contribution in [2.75, 3.05) is 0 Å². The molecule has 66 valence electrons. The molecule has 2 rings (SSSR count). The summed E-state index contributed by atoms with van der Waals surface area (Å²) in [6, 6.07) is 4.65. The Bertz CT molecular complexity index is 421. The first kappa shape index (κ1) is 8.17. The first-order valence-electron chi connectivity index (χ1n) is 4.52. The average Bonchev–Trinajstić information content (AvgIpc) is 2.17. The number of hydrogen-bond acceptors (Lipinski definition) is 1. The largest absolute Gasteiger partial charge is 0.264 e. The summed E-state index contributed by atoms with van der Waals surface area (Å²) in [5, 5.41) is 2.44. The normalized spacial score (nSPS) is 11.0. The third-order valence-electron chi connectivity index (χ3n) is 2.20. The van der Waals surface area contributed by atoms with Crippen LogP contribution in [0.1, 0.15) is 19.9 Å². The van der Waals surface area contributed by atoms with Gasteiger partial charge in [-0.25, -0.2) is 4.57 Å². The van der Waals surface area contributed by atoms with E-state index in [2.05, 4.69) is 41.9 Å². The molecule has 2 heteroatoms. The second-order valence-electron chi connectivity index (χ2n) is 3.49. The van der Waals surface area contributed by atoms with E-state index in [1.54, 1.807) is 0 Å². The highest BCUT2D eigenvalue weighted by Gasteiger charge is 2.05. The van der Waals surface area contributed by atoms with Crippen LogP contribution in [0.4, 0.5) is 0 Å². The minimum Gasteiger partial charge on any atom is -0.264 e. The molecule has 0 atom stereocenters. The molecule has 0 aliphatic rings. The maximum atomic E-state index is 4.08. The molecular weight excluding hydrogens is 160 g/mol.